The van der Waals surface area contributed by atoms with Crippen LogP contribution in [0.15, 0.2) is 57.1 Å². The number of likely N-dealkylation sites (tertiary alicyclic amines) is 1. The van der Waals surface area contributed by atoms with Gasteiger partial charge in [-0.1, -0.05) is 38.1 Å². The first-order chi connectivity index (χ1) is 11.5. The Kier molecular flexibility index (Phi) is 3.35. The molecule has 24 heavy (non-hydrogen) atoms. The quantitative estimate of drug-likeness (QED) is 0.707. The Morgan fingerprint density at radius 1 is 1.25 bits per heavy atom. The molecule has 1 atom stereocenters. The largest absolute Gasteiger partial charge is 0.417 e. The molecule has 3 aromatic rings. The highest BCUT2D eigenvalue weighted by atomic mass is 32.1. The highest BCUT2D eigenvalue weighted by molar-refractivity contribution is 7.10. The summed E-state index contributed by atoms with van der Waals surface area (Å²) in [6.45, 7) is 4.94. The molecule has 2 aromatic heterocycles. The maximum absolute atomic E-state index is 12.9. The third-order valence-electron chi connectivity index (χ3n) is 4.58. The molecular formula is C19H17NO3S. The zero-order valence-corrected chi connectivity index (χ0v) is 14.3. The lowest BCUT2D eigenvalue weighted by Gasteiger charge is -2.53. The van der Waals surface area contributed by atoms with E-state index in [1.54, 1.807) is 34.4 Å². The molecule has 1 aliphatic rings. The van der Waals surface area contributed by atoms with Crippen LogP contribution in [0.1, 0.15) is 35.3 Å². The predicted octanol–water partition coefficient (Wildman–Crippen LogP) is 4.08. The molecule has 1 aliphatic heterocycles. The lowest BCUT2D eigenvalue weighted by molar-refractivity contribution is -0.0326. The number of rotatable bonds is 2. The fraction of sp³-hybridized carbons (Fsp3) is 0.263. The van der Waals surface area contributed by atoms with E-state index in [0.717, 1.165) is 10.3 Å². The topological polar surface area (TPSA) is 50.5 Å². The van der Waals surface area contributed by atoms with Crippen LogP contribution in [-0.2, 0) is 0 Å². The number of carbonyl (C=O) groups is 1. The summed E-state index contributed by atoms with van der Waals surface area (Å²) < 4.78 is 5.30. The molecule has 0 aliphatic carbocycles. The molecule has 1 fully saturated rings. The van der Waals surface area contributed by atoms with E-state index in [9.17, 15) is 9.59 Å². The molecule has 0 N–H and O–H groups in total. The molecule has 1 aromatic carbocycles. The van der Waals surface area contributed by atoms with E-state index < -0.39 is 5.63 Å². The number of hydrogen-bond donors (Lipinski definition) is 0. The average molecular weight is 339 g/mol. The number of fused-ring (bicyclic) bond motifs is 1. The fourth-order valence-corrected chi connectivity index (χ4v) is 4.53. The van der Waals surface area contributed by atoms with Gasteiger partial charge in [0.05, 0.1) is 11.4 Å². The van der Waals surface area contributed by atoms with Crippen molar-refractivity contribution in [3.63, 3.8) is 0 Å². The monoisotopic (exact) mass is 339 g/mol. The Hall–Kier alpha value is -2.40. The van der Waals surface area contributed by atoms with Crippen molar-refractivity contribution in [3.05, 3.63) is 68.9 Å². The van der Waals surface area contributed by atoms with Crippen molar-refractivity contribution in [3.8, 4) is 0 Å². The summed E-state index contributed by atoms with van der Waals surface area (Å²) in [6, 6.07) is 12.9. The molecule has 0 spiro atoms. The first kappa shape index (κ1) is 15.1. The van der Waals surface area contributed by atoms with Gasteiger partial charge in [0.25, 0.3) is 5.91 Å². The molecule has 0 saturated carbocycles. The third-order valence-corrected chi connectivity index (χ3v) is 5.51. The summed E-state index contributed by atoms with van der Waals surface area (Å²) in [6.07, 6.45) is 0. The third kappa shape index (κ3) is 2.27. The van der Waals surface area contributed by atoms with Gasteiger partial charge < -0.3 is 9.32 Å². The smallest absolute Gasteiger partial charge is 0.344 e. The van der Waals surface area contributed by atoms with Gasteiger partial charge in [0.15, 0.2) is 5.76 Å². The molecule has 0 bridgehead atoms. The van der Waals surface area contributed by atoms with Gasteiger partial charge in [0, 0.05) is 16.8 Å². The summed E-state index contributed by atoms with van der Waals surface area (Å²) in [4.78, 5) is 28.0. The molecule has 1 amide bonds. The van der Waals surface area contributed by atoms with Crippen molar-refractivity contribution in [2.24, 2.45) is 5.41 Å². The van der Waals surface area contributed by atoms with Crippen LogP contribution in [0, 0.1) is 5.41 Å². The van der Waals surface area contributed by atoms with Crippen LogP contribution in [-0.4, -0.2) is 17.4 Å². The second kappa shape index (κ2) is 5.31. The van der Waals surface area contributed by atoms with Crippen molar-refractivity contribution < 1.29 is 9.21 Å². The lowest BCUT2D eigenvalue weighted by Crippen LogP contribution is -2.57. The van der Waals surface area contributed by atoms with Gasteiger partial charge in [-0.3, -0.25) is 4.79 Å². The summed E-state index contributed by atoms with van der Waals surface area (Å²) in [5.41, 5.74) is -0.457. The number of nitrogens with zero attached hydrogens (tertiary/aromatic N) is 1. The Labute approximate surface area is 143 Å². The van der Waals surface area contributed by atoms with Crippen LogP contribution in [0.3, 0.4) is 0 Å². The second-order valence-electron chi connectivity index (χ2n) is 6.82. The van der Waals surface area contributed by atoms with Crippen LogP contribution in [0.2, 0.25) is 0 Å². The highest BCUT2D eigenvalue weighted by Gasteiger charge is 2.50. The highest BCUT2D eigenvalue weighted by Crippen LogP contribution is 2.50. The van der Waals surface area contributed by atoms with E-state index in [1.807, 2.05) is 29.6 Å². The zero-order chi connectivity index (χ0) is 16.9. The minimum Gasteiger partial charge on any atom is -0.417 e. The van der Waals surface area contributed by atoms with E-state index in [4.69, 9.17) is 4.42 Å². The van der Waals surface area contributed by atoms with Gasteiger partial charge in [-0.15, -0.1) is 11.3 Å². The molecule has 1 saturated heterocycles. The number of amides is 1. The van der Waals surface area contributed by atoms with Crippen LogP contribution in [0.5, 0.6) is 0 Å². The van der Waals surface area contributed by atoms with Crippen molar-refractivity contribution in [1.29, 1.82) is 0 Å². The van der Waals surface area contributed by atoms with E-state index >= 15 is 0 Å². The Bertz CT molecular complexity index is 972. The molecule has 4 nitrogen and oxygen atoms in total. The minimum atomic E-state index is -0.469. The van der Waals surface area contributed by atoms with Crippen LogP contribution >= 0.6 is 11.3 Å². The van der Waals surface area contributed by atoms with E-state index in [0.29, 0.717) is 11.9 Å². The Morgan fingerprint density at radius 3 is 2.75 bits per heavy atom. The van der Waals surface area contributed by atoms with E-state index in [2.05, 4.69) is 13.8 Å². The maximum Gasteiger partial charge on any atom is 0.344 e. The van der Waals surface area contributed by atoms with Crippen LogP contribution in [0.4, 0.5) is 0 Å². The van der Waals surface area contributed by atoms with Crippen molar-refractivity contribution in [1.82, 2.24) is 4.90 Å². The average Bonchev–Trinajstić information content (AvgIpc) is 3.05. The molecular weight excluding hydrogens is 322 g/mol. The minimum absolute atomic E-state index is 0.0116. The SMILES string of the molecule is CC1(C)CN(C(=O)c2cc3ccccc3c(=O)o2)C1c1cccs1. The number of thiophene rings is 1. The summed E-state index contributed by atoms with van der Waals surface area (Å²) in [5.74, 6) is -0.119. The van der Waals surface area contributed by atoms with Crippen molar-refractivity contribution in [2.75, 3.05) is 6.54 Å². The standard InChI is InChI=1S/C19H17NO3S/c1-19(2)11-20(16(19)15-8-5-9-24-15)17(21)14-10-12-6-3-4-7-13(12)18(22)23-14/h3-10,16H,11H2,1-2H3. The van der Waals surface area contributed by atoms with Crippen LogP contribution < -0.4 is 5.63 Å². The normalized spacial score (nSPS) is 19.2. The summed E-state index contributed by atoms with van der Waals surface area (Å²) in [7, 11) is 0. The molecule has 5 heteroatoms. The molecule has 1 unspecified atom stereocenters. The van der Waals surface area contributed by atoms with Crippen molar-refractivity contribution >= 4 is 28.0 Å². The summed E-state index contributed by atoms with van der Waals surface area (Å²) >= 11 is 1.64. The van der Waals surface area contributed by atoms with Gasteiger partial charge >= 0.3 is 5.63 Å². The fourth-order valence-electron chi connectivity index (χ4n) is 3.48. The molecule has 0 radical (unpaired) electrons. The van der Waals surface area contributed by atoms with Gasteiger partial charge in [-0.2, -0.15) is 0 Å². The molecule has 3 heterocycles. The van der Waals surface area contributed by atoms with Gasteiger partial charge in [-0.05, 0) is 29.0 Å². The van der Waals surface area contributed by atoms with Gasteiger partial charge in [0.2, 0.25) is 0 Å². The second-order valence-corrected chi connectivity index (χ2v) is 7.80. The zero-order valence-electron chi connectivity index (χ0n) is 13.5. The molecule has 122 valence electrons. The first-order valence-electron chi connectivity index (χ1n) is 7.85. The molecule has 4 rings (SSSR count). The van der Waals surface area contributed by atoms with E-state index in [1.165, 1.54) is 0 Å². The van der Waals surface area contributed by atoms with Gasteiger partial charge in [-0.25, -0.2) is 4.79 Å². The summed E-state index contributed by atoms with van der Waals surface area (Å²) in [5, 5.41) is 3.24. The predicted molar refractivity (Wildman–Crippen MR) is 94.4 cm³/mol. The number of carbonyl (C=O) groups excluding carboxylic acids is 1. The Balaban J connectivity index is 1.73. The van der Waals surface area contributed by atoms with Crippen LogP contribution in [0.25, 0.3) is 10.8 Å². The Morgan fingerprint density at radius 2 is 2.04 bits per heavy atom. The number of hydrogen-bond acceptors (Lipinski definition) is 4. The van der Waals surface area contributed by atoms with Gasteiger partial charge in [0.1, 0.15) is 0 Å². The number of benzene rings is 1. The first-order valence-corrected chi connectivity index (χ1v) is 8.72. The van der Waals surface area contributed by atoms with Crippen molar-refractivity contribution in [2.45, 2.75) is 19.9 Å². The maximum atomic E-state index is 12.9. The lowest BCUT2D eigenvalue weighted by atomic mass is 9.74. The van der Waals surface area contributed by atoms with E-state index in [-0.39, 0.29) is 23.1 Å².